The van der Waals surface area contributed by atoms with Crippen LogP contribution < -0.4 is 5.73 Å². The Hall–Kier alpha value is -1.54. The van der Waals surface area contributed by atoms with Gasteiger partial charge in [-0.25, -0.2) is 8.42 Å². The zero-order chi connectivity index (χ0) is 16.3. The van der Waals surface area contributed by atoms with Crippen molar-refractivity contribution in [2.45, 2.75) is 36.0 Å². The van der Waals surface area contributed by atoms with E-state index in [9.17, 15) is 22.0 Å². The molecule has 0 aromatic heterocycles. The predicted octanol–water partition coefficient (Wildman–Crippen LogP) is 1.64. The van der Waals surface area contributed by atoms with E-state index >= 15 is 0 Å². The highest BCUT2D eigenvalue weighted by atomic mass is 32.2. The molecule has 1 aliphatic rings. The van der Waals surface area contributed by atoms with Crippen molar-refractivity contribution in [1.82, 2.24) is 4.90 Å². The van der Waals surface area contributed by atoms with Gasteiger partial charge >= 0.3 is 5.76 Å². The number of nitrogens with two attached hydrogens (primary N) is 1. The molecule has 0 aliphatic carbocycles. The van der Waals surface area contributed by atoms with Gasteiger partial charge in [0.2, 0.25) is 9.84 Å². The van der Waals surface area contributed by atoms with Gasteiger partial charge in [0.15, 0.2) is 0 Å². The van der Waals surface area contributed by atoms with Gasteiger partial charge in [0.1, 0.15) is 0 Å². The highest BCUT2D eigenvalue weighted by Crippen LogP contribution is 2.22. The van der Waals surface area contributed by atoms with Crippen LogP contribution in [-0.4, -0.2) is 44.1 Å². The molecular weight excluding hydrogens is 314 g/mol. The van der Waals surface area contributed by atoms with Gasteiger partial charge in [0, 0.05) is 24.7 Å². The molecule has 1 amide bonds. The second-order valence-corrected chi connectivity index (χ2v) is 7.13. The molecule has 22 heavy (non-hydrogen) atoms. The van der Waals surface area contributed by atoms with Gasteiger partial charge in [-0.05, 0) is 43.5 Å². The first-order valence-electron chi connectivity index (χ1n) is 7.01. The lowest BCUT2D eigenvalue weighted by Gasteiger charge is -2.35. The quantitative estimate of drug-likeness (QED) is 0.909. The lowest BCUT2D eigenvalue weighted by Crippen LogP contribution is -2.47. The summed E-state index contributed by atoms with van der Waals surface area (Å²) in [5, 5.41) is 0. The first kappa shape index (κ1) is 16.8. The number of sulfone groups is 1. The molecule has 1 aliphatic heterocycles. The fourth-order valence-corrected chi connectivity index (χ4v) is 3.29. The molecule has 1 fully saturated rings. The number of amides is 1. The monoisotopic (exact) mass is 332 g/mol. The van der Waals surface area contributed by atoms with Crippen LogP contribution in [0.2, 0.25) is 0 Å². The molecule has 1 aromatic carbocycles. The smallest absolute Gasteiger partial charge is 0.334 e. The highest BCUT2D eigenvalue weighted by molar-refractivity contribution is 7.91. The van der Waals surface area contributed by atoms with E-state index in [2.05, 4.69) is 0 Å². The summed E-state index contributed by atoms with van der Waals surface area (Å²) in [4.78, 5) is 13.6. The number of hydrogen-bond acceptors (Lipinski definition) is 4. The number of carbonyl (C=O) groups is 1. The maximum absolute atomic E-state index is 12.5. The largest absolute Gasteiger partial charge is 0.341 e. The summed E-state index contributed by atoms with van der Waals surface area (Å²) < 4.78 is 47.6. The second kappa shape index (κ2) is 6.70. The van der Waals surface area contributed by atoms with Crippen LogP contribution in [0.3, 0.4) is 0 Å². The minimum atomic E-state index is -4.64. The van der Waals surface area contributed by atoms with Crippen molar-refractivity contribution in [3.8, 4) is 0 Å². The van der Waals surface area contributed by atoms with Crippen molar-refractivity contribution in [3.05, 3.63) is 29.8 Å². The normalized spacial score (nSPS) is 19.5. The van der Waals surface area contributed by atoms with Crippen LogP contribution in [0.4, 0.5) is 8.78 Å². The summed E-state index contributed by atoms with van der Waals surface area (Å²) in [6.45, 7) is 0.960. The second-order valence-electron chi connectivity index (χ2n) is 5.21. The summed E-state index contributed by atoms with van der Waals surface area (Å²) >= 11 is 0. The predicted molar refractivity (Wildman–Crippen MR) is 77.4 cm³/mol. The van der Waals surface area contributed by atoms with Crippen molar-refractivity contribution in [2.24, 2.45) is 5.73 Å². The molecule has 1 unspecified atom stereocenters. The van der Waals surface area contributed by atoms with Crippen molar-refractivity contribution in [1.29, 1.82) is 0 Å². The summed E-state index contributed by atoms with van der Waals surface area (Å²) in [5.41, 5.74) is 5.94. The first-order valence-corrected chi connectivity index (χ1v) is 8.55. The average Bonchev–Trinajstić information content (AvgIpc) is 2.54. The summed E-state index contributed by atoms with van der Waals surface area (Å²) in [5.74, 6) is -3.73. The lowest BCUT2D eigenvalue weighted by molar-refractivity contribution is 0.0623. The molecule has 0 spiro atoms. The van der Waals surface area contributed by atoms with Crippen LogP contribution in [0.15, 0.2) is 29.2 Å². The molecule has 8 heteroatoms. The molecule has 5 nitrogen and oxygen atoms in total. The van der Waals surface area contributed by atoms with Crippen molar-refractivity contribution in [3.63, 3.8) is 0 Å². The molecule has 2 rings (SSSR count). The van der Waals surface area contributed by atoms with E-state index in [4.69, 9.17) is 5.73 Å². The molecule has 1 aromatic rings. The lowest BCUT2D eigenvalue weighted by atomic mass is 10.0. The number of benzene rings is 1. The maximum Gasteiger partial charge on any atom is 0.341 e. The molecule has 122 valence electrons. The third kappa shape index (κ3) is 3.27. The Morgan fingerprint density at radius 1 is 1.27 bits per heavy atom. The maximum atomic E-state index is 12.5. The molecule has 0 saturated carbocycles. The Kier molecular flexibility index (Phi) is 5.12. The molecule has 1 saturated heterocycles. The SMILES string of the molecule is NCC1CCCCN1C(=O)c1ccc(S(=O)(=O)C(F)F)cc1. The third-order valence-electron chi connectivity index (χ3n) is 3.82. The van der Waals surface area contributed by atoms with Crippen molar-refractivity contribution < 1.29 is 22.0 Å². The van der Waals surface area contributed by atoms with Crippen LogP contribution in [0.5, 0.6) is 0 Å². The number of carbonyl (C=O) groups excluding carboxylic acids is 1. The minimum absolute atomic E-state index is 0.0364. The Morgan fingerprint density at radius 2 is 1.91 bits per heavy atom. The molecule has 1 atom stereocenters. The molecule has 2 N–H and O–H groups in total. The number of alkyl halides is 2. The molecule has 1 heterocycles. The van der Waals surface area contributed by atoms with Gasteiger partial charge in [0.05, 0.1) is 4.90 Å². The standard InChI is InChI=1S/C14H18F2N2O3S/c15-14(16)22(20,21)12-6-4-10(5-7-12)13(19)18-8-2-1-3-11(18)9-17/h4-7,11,14H,1-3,8-9,17H2. The Balaban J connectivity index is 2.21. The van der Waals surface area contributed by atoms with Crippen molar-refractivity contribution in [2.75, 3.05) is 13.1 Å². The van der Waals surface area contributed by atoms with Crippen LogP contribution >= 0.6 is 0 Å². The van der Waals surface area contributed by atoms with Crippen LogP contribution in [0.1, 0.15) is 29.6 Å². The van der Waals surface area contributed by atoms with Gasteiger partial charge in [-0.1, -0.05) is 0 Å². The number of nitrogens with zero attached hydrogens (tertiary/aromatic N) is 1. The van der Waals surface area contributed by atoms with Crippen LogP contribution in [0.25, 0.3) is 0 Å². The summed E-state index contributed by atoms with van der Waals surface area (Å²) in [6, 6.07) is 4.57. The van der Waals surface area contributed by atoms with Crippen molar-refractivity contribution >= 4 is 15.7 Å². The third-order valence-corrected chi connectivity index (χ3v) is 5.22. The highest BCUT2D eigenvalue weighted by Gasteiger charge is 2.28. The fourth-order valence-electron chi connectivity index (χ4n) is 2.57. The van der Waals surface area contributed by atoms with Crippen LogP contribution in [-0.2, 0) is 9.84 Å². The number of piperidine rings is 1. The van der Waals surface area contributed by atoms with E-state index in [-0.39, 0.29) is 17.5 Å². The van der Waals surface area contributed by atoms with Gasteiger partial charge < -0.3 is 10.6 Å². The van der Waals surface area contributed by atoms with Gasteiger partial charge in [0.25, 0.3) is 5.91 Å². The topological polar surface area (TPSA) is 80.5 Å². The van der Waals surface area contributed by atoms with E-state index in [1.165, 1.54) is 12.1 Å². The van der Waals surface area contributed by atoms with E-state index < -0.39 is 20.5 Å². The molecular formula is C14H18F2N2O3S. The first-order chi connectivity index (χ1) is 10.4. The zero-order valence-corrected chi connectivity index (χ0v) is 12.7. The van der Waals surface area contributed by atoms with E-state index in [0.717, 1.165) is 31.4 Å². The van der Waals surface area contributed by atoms with E-state index in [1.54, 1.807) is 4.90 Å². The summed E-state index contributed by atoms with van der Waals surface area (Å²) in [7, 11) is -4.64. The molecule has 0 bridgehead atoms. The average molecular weight is 332 g/mol. The number of hydrogen-bond donors (Lipinski definition) is 1. The fraction of sp³-hybridized carbons (Fsp3) is 0.500. The van der Waals surface area contributed by atoms with E-state index in [0.29, 0.717) is 13.1 Å². The Labute approximate surface area is 128 Å². The van der Waals surface area contributed by atoms with E-state index in [1.807, 2.05) is 0 Å². The Bertz CT molecular complexity index is 632. The number of halogens is 2. The number of rotatable bonds is 4. The minimum Gasteiger partial charge on any atom is -0.334 e. The Morgan fingerprint density at radius 3 is 2.45 bits per heavy atom. The zero-order valence-electron chi connectivity index (χ0n) is 11.9. The summed E-state index contributed by atoms with van der Waals surface area (Å²) in [6.07, 6.45) is 2.73. The van der Waals surface area contributed by atoms with Gasteiger partial charge in [-0.2, -0.15) is 8.78 Å². The number of likely N-dealkylation sites (tertiary alicyclic amines) is 1. The van der Waals surface area contributed by atoms with Gasteiger partial charge in [-0.3, -0.25) is 4.79 Å². The van der Waals surface area contributed by atoms with Crippen LogP contribution in [0, 0.1) is 0 Å². The molecule has 0 radical (unpaired) electrons. The van der Waals surface area contributed by atoms with Gasteiger partial charge in [-0.15, -0.1) is 0 Å².